The van der Waals surface area contributed by atoms with Crippen molar-refractivity contribution in [1.82, 2.24) is 10.4 Å². The van der Waals surface area contributed by atoms with Gasteiger partial charge in [0, 0.05) is 29.9 Å². The Bertz CT molecular complexity index is 583. The minimum atomic E-state index is -0.00790. The van der Waals surface area contributed by atoms with Gasteiger partial charge in [-0.3, -0.25) is 4.79 Å². The van der Waals surface area contributed by atoms with Crippen molar-refractivity contribution >= 4 is 22.5 Å². The molecule has 0 atom stereocenters. The summed E-state index contributed by atoms with van der Waals surface area (Å²) in [6.45, 7) is 0. The van der Waals surface area contributed by atoms with Crippen molar-refractivity contribution < 1.29 is 4.79 Å². The number of hydrazone groups is 1. The van der Waals surface area contributed by atoms with Crippen molar-refractivity contribution in [3.05, 3.63) is 36.0 Å². The van der Waals surface area contributed by atoms with Crippen molar-refractivity contribution in [2.75, 3.05) is 0 Å². The quantitative estimate of drug-likeness (QED) is 0.745. The number of aromatic amines is 1. The standard InChI is InChI=1S/C12H11N3O/c16-12-4-3-11(14-15-12)8-1-2-10-9(7-8)5-6-13-10/h1-2,5-7,13H,3-4H2,(H,15,16). The third kappa shape index (κ3) is 1.48. The summed E-state index contributed by atoms with van der Waals surface area (Å²) < 4.78 is 0. The molecule has 4 heteroatoms. The fourth-order valence-corrected chi connectivity index (χ4v) is 1.92. The van der Waals surface area contributed by atoms with Gasteiger partial charge in [0.1, 0.15) is 0 Å². The first-order valence-electron chi connectivity index (χ1n) is 5.26. The van der Waals surface area contributed by atoms with Gasteiger partial charge in [-0.1, -0.05) is 6.07 Å². The Morgan fingerprint density at radius 1 is 1.19 bits per heavy atom. The topological polar surface area (TPSA) is 57.2 Å². The van der Waals surface area contributed by atoms with E-state index in [2.05, 4.69) is 21.6 Å². The average Bonchev–Trinajstić information content (AvgIpc) is 2.77. The molecule has 0 spiro atoms. The number of fused-ring (bicyclic) bond motifs is 1. The molecule has 16 heavy (non-hydrogen) atoms. The number of H-pyrrole nitrogens is 1. The van der Waals surface area contributed by atoms with E-state index in [0.717, 1.165) is 22.2 Å². The largest absolute Gasteiger partial charge is 0.361 e. The summed E-state index contributed by atoms with van der Waals surface area (Å²) in [7, 11) is 0. The third-order valence-corrected chi connectivity index (χ3v) is 2.79. The van der Waals surface area contributed by atoms with Crippen LogP contribution >= 0.6 is 0 Å². The van der Waals surface area contributed by atoms with Crippen LogP contribution in [0.25, 0.3) is 10.9 Å². The van der Waals surface area contributed by atoms with E-state index in [9.17, 15) is 4.79 Å². The van der Waals surface area contributed by atoms with Gasteiger partial charge in [0.25, 0.3) is 0 Å². The molecular weight excluding hydrogens is 202 g/mol. The molecule has 4 nitrogen and oxygen atoms in total. The fraction of sp³-hybridized carbons (Fsp3) is 0.167. The Hall–Kier alpha value is -2.10. The molecule has 2 heterocycles. The minimum Gasteiger partial charge on any atom is -0.361 e. The molecule has 0 unspecified atom stereocenters. The molecule has 0 saturated heterocycles. The molecule has 0 bridgehead atoms. The highest BCUT2D eigenvalue weighted by Crippen LogP contribution is 2.17. The van der Waals surface area contributed by atoms with Crippen LogP contribution in [0.1, 0.15) is 18.4 Å². The normalized spacial score (nSPS) is 16.0. The van der Waals surface area contributed by atoms with E-state index < -0.39 is 0 Å². The van der Waals surface area contributed by atoms with Crippen LogP contribution in [-0.2, 0) is 4.79 Å². The zero-order valence-electron chi connectivity index (χ0n) is 8.66. The lowest BCUT2D eigenvalue weighted by molar-refractivity contribution is -0.121. The summed E-state index contributed by atoms with van der Waals surface area (Å²) in [4.78, 5) is 14.1. The van der Waals surface area contributed by atoms with Crippen LogP contribution in [0.2, 0.25) is 0 Å². The highest BCUT2D eigenvalue weighted by molar-refractivity contribution is 6.06. The van der Waals surface area contributed by atoms with Crippen molar-refractivity contribution in [2.45, 2.75) is 12.8 Å². The predicted octanol–water partition coefficient (Wildman–Crippen LogP) is 1.78. The number of aromatic nitrogens is 1. The minimum absolute atomic E-state index is 0.00790. The lowest BCUT2D eigenvalue weighted by Crippen LogP contribution is -2.25. The number of hydrogen-bond acceptors (Lipinski definition) is 2. The van der Waals surface area contributed by atoms with E-state index in [1.54, 1.807) is 0 Å². The molecule has 2 N–H and O–H groups in total. The second-order valence-corrected chi connectivity index (χ2v) is 3.87. The molecule has 1 aliphatic heterocycles. The highest BCUT2D eigenvalue weighted by atomic mass is 16.2. The summed E-state index contributed by atoms with van der Waals surface area (Å²) in [6.07, 6.45) is 3.14. The Labute approximate surface area is 92.4 Å². The maximum absolute atomic E-state index is 11.0. The summed E-state index contributed by atoms with van der Waals surface area (Å²) >= 11 is 0. The maximum Gasteiger partial charge on any atom is 0.240 e. The second-order valence-electron chi connectivity index (χ2n) is 3.87. The zero-order valence-corrected chi connectivity index (χ0v) is 8.66. The first-order valence-corrected chi connectivity index (χ1v) is 5.26. The van der Waals surface area contributed by atoms with Crippen LogP contribution in [0.3, 0.4) is 0 Å². The molecule has 0 aliphatic carbocycles. The molecule has 1 aromatic carbocycles. The number of carbonyl (C=O) groups excluding carboxylic acids is 1. The first kappa shape index (κ1) is 9.15. The Morgan fingerprint density at radius 3 is 2.94 bits per heavy atom. The summed E-state index contributed by atoms with van der Waals surface area (Å²) in [5.41, 5.74) is 5.65. The fourth-order valence-electron chi connectivity index (χ4n) is 1.92. The Morgan fingerprint density at radius 2 is 2.12 bits per heavy atom. The summed E-state index contributed by atoms with van der Waals surface area (Å²) in [5.74, 6) is -0.00790. The van der Waals surface area contributed by atoms with E-state index in [1.165, 1.54) is 0 Å². The van der Waals surface area contributed by atoms with E-state index in [-0.39, 0.29) is 5.91 Å². The number of hydrogen-bond donors (Lipinski definition) is 2. The number of amides is 1. The molecular formula is C12H11N3O. The van der Waals surface area contributed by atoms with Crippen LogP contribution < -0.4 is 5.43 Å². The van der Waals surface area contributed by atoms with E-state index >= 15 is 0 Å². The molecule has 0 fully saturated rings. The molecule has 1 aliphatic rings. The van der Waals surface area contributed by atoms with Crippen molar-refractivity contribution in [2.24, 2.45) is 5.10 Å². The van der Waals surface area contributed by atoms with Gasteiger partial charge in [-0.05, 0) is 23.8 Å². The predicted molar refractivity (Wildman–Crippen MR) is 62.2 cm³/mol. The van der Waals surface area contributed by atoms with Crippen molar-refractivity contribution in [3.63, 3.8) is 0 Å². The molecule has 1 amide bonds. The first-order chi connectivity index (χ1) is 7.83. The number of nitrogens with one attached hydrogen (secondary N) is 2. The van der Waals surface area contributed by atoms with Crippen LogP contribution in [0.5, 0.6) is 0 Å². The van der Waals surface area contributed by atoms with Gasteiger partial charge in [-0.2, -0.15) is 5.10 Å². The molecule has 1 aromatic heterocycles. The number of benzene rings is 1. The SMILES string of the molecule is O=C1CCC(c2ccc3[nH]ccc3c2)=NN1. The number of carbonyl (C=O) groups is 1. The van der Waals surface area contributed by atoms with Gasteiger partial charge in [0.05, 0.1) is 5.71 Å². The van der Waals surface area contributed by atoms with Gasteiger partial charge in [-0.25, -0.2) is 5.43 Å². The van der Waals surface area contributed by atoms with Gasteiger partial charge < -0.3 is 4.98 Å². The summed E-state index contributed by atoms with van der Waals surface area (Å²) in [6, 6.07) is 8.17. The monoisotopic (exact) mass is 213 g/mol. The second kappa shape index (κ2) is 3.48. The summed E-state index contributed by atoms with van der Waals surface area (Å²) in [5, 5.41) is 5.24. The van der Waals surface area contributed by atoms with Crippen LogP contribution in [0.15, 0.2) is 35.6 Å². The van der Waals surface area contributed by atoms with E-state index in [0.29, 0.717) is 12.8 Å². The van der Waals surface area contributed by atoms with E-state index in [1.807, 2.05) is 24.4 Å². The maximum atomic E-state index is 11.0. The Balaban J connectivity index is 2.02. The van der Waals surface area contributed by atoms with Gasteiger partial charge in [0.15, 0.2) is 0 Å². The molecule has 80 valence electrons. The van der Waals surface area contributed by atoms with Gasteiger partial charge in [-0.15, -0.1) is 0 Å². The number of nitrogens with zero attached hydrogens (tertiary/aromatic N) is 1. The number of rotatable bonds is 1. The van der Waals surface area contributed by atoms with Crippen LogP contribution in [0.4, 0.5) is 0 Å². The zero-order chi connectivity index (χ0) is 11.0. The third-order valence-electron chi connectivity index (χ3n) is 2.79. The van der Waals surface area contributed by atoms with Gasteiger partial charge >= 0.3 is 0 Å². The molecule has 0 radical (unpaired) electrons. The Kier molecular flexibility index (Phi) is 1.99. The van der Waals surface area contributed by atoms with Crippen LogP contribution in [-0.4, -0.2) is 16.6 Å². The lowest BCUT2D eigenvalue weighted by Gasteiger charge is -2.11. The van der Waals surface area contributed by atoms with Crippen molar-refractivity contribution in [3.8, 4) is 0 Å². The molecule has 2 aromatic rings. The highest BCUT2D eigenvalue weighted by Gasteiger charge is 2.13. The molecule has 3 rings (SSSR count). The van der Waals surface area contributed by atoms with Crippen molar-refractivity contribution in [1.29, 1.82) is 0 Å². The van der Waals surface area contributed by atoms with Gasteiger partial charge in [0.2, 0.25) is 5.91 Å². The average molecular weight is 213 g/mol. The van der Waals surface area contributed by atoms with Crippen LogP contribution in [0, 0.1) is 0 Å². The van der Waals surface area contributed by atoms with E-state index in [4.69, 9.17) is 0 Å². The lowest BCUT2D eigenvalue weighted by atomic mass is 10.0. The molecule has 0 saturated carbocycles. The smallest absolute Gasteiger partial charge is 0.240 e.